The molecule has 0 heterocycles. The smallest absolute Gasteiger partial charge is 0.123 e. The van der Waals surface area contributed by atoms with Crippen molar-refractivity contribution in [2.75, 3.05) is 0 Å². The van der Waals surface area contributed by atoms with Crippen molar-refractivity contribution in [2.24, 2.45) is 29.6 Å². The van der Waals surface area contributed by atoms with Crippen LogP contribution in [0.3, 0.4) is 0 Å². The molecule has 0 N–H and O–H groups in total. The molecule has 0 nitrogen and oxygen atoms in total. The van der Waals surface area contributed by atoms with Crippen molar-refractivity contribution in [1.82, 2.24) is 0 Å². The van der Waals surface area contributed by atoms with Gasteiger partial charge in [0, 0.05) is 0 Å². The first-order valence-electron chi connectivity index (χ1n) is 13.0. The Morgan fingerprint density at radius 2 is 1.45 bits per heavy atom. The molecule has 0 aliphatic heterocycles. The molecule has 0 saturated heterocycles. The summed E-state index contributed by atoms with van der Waals surface area (Å²) in [6.45, 7) is 2.31. The molecular formula is C28H43F. The Kier molecular flexibility index (Phi) is 7.71. The summed E-state index contributed by atoms with van der Waals surface area (Å²) in [4.78, 5) is 0. The maximum Gasteiger partial charge on any atom is 0.123 e. The molecule has 3 aliphatic carbocycles. The lowest BCUT2D eigenvalue weighted by atomic mass is 9.60. The Morgan fingerprint density at radius 1 is 0.759 bits per heavy atom. The highest BCUT2D eigenvalue weighted by Crippen LogP contribution is 2.51. The zero-order valence-corrected chi connectivity index (χ0v) is 18.8. The summed E-state index contributed by atoms with van der Waals surface area (Å²) < 4.78 is 13.6. The van der Waals surface area contributed by atoms with E-state index in [-0.39, 0.29) is 5.82 Å². The van der Waals surface area contributed by atoms with E-state index in [9.17, 15) is 4.39 Å². The molecule has 0 spiro atoms. The van der Waals surface area contributed by atoms with E-state index in [0.717, 1.165) is 29.6 Å². The summed E-state index contributed by atoms with van der Waals surface area (Å²) in [6, 6.07) is 7.42. The normalized spacial score (nSPS) is 35.2. The van der Waals surface area contributed by atoms with Crippen molar-refractivity contribution >= 4 is 0 Å². The molecule has 3 aliphatic rings. The van der Waals surface area contributed by atoms with E-state index in [1.807, 2.05) is 6.07 Å². The van der Waals surface area contributed by atoms with Crippen LogP contribution in [0.4, 0.5) is 4.39 Å². The Hall–Kier alpha value is -0.850. The Morgan fingerprint density at radius 3 is 2.21 bits per heavy atom. The van der Waals surface area contributed by atoms with E-state index in [1.54, 1.807) is 12.1 Å². The summed E-state index contributed by atoms with van der Waals surface area (Å²) in [6.07, 6.45) is 21.7. The number of rotatable bonds is 7. The van der Waals surface area contributed by atoms with Crippen molar-refractivity contribution in [3.05, 3.63) is 35.6 Å². The Bertz CT molecular complexity index is 614. The number of fused-ring (bicyclic) bond motifs is 1. The molecule has 1 aromatic rings. The fraction of sp³-hybridized carbons (Fsp3) is 0.786. The average molecular weight is 399 g/mol. The van der Waals surface area contributed by atoms with E-state index in [4.69, 9.17) is 0 Å². The number of halogens is 1. The largest absolute Gasteiger partial charge is 0.207 e. The maximum atomic E-state index is 13.6. The maximum absolute atomic E-state index is 13.6. The summed E-state index contributed by atoms with van der Waals surface area (Å²) in [5.74, 6) is 5.50. The first-order chi connectivity index (χ1) is 14.2. The molecule has 4 rings (SSSR count). The zero-order chi connectivity index (χ0) is 20.1. The molecule has 162 valence electrons. The zero-order valence-electron chi connectivity index (χ0n) is 18.8. The quantitative estimate of drug-likeness (QED) is 0.402. The minimum Gasteiger partial charge on any atom is -0.207 e. The van der Waals surface area contributed by atoms with Crippen LogP contribution in [0, 0.1) is 35.4 Å². The number of unbranched alkanes of at least 4 members (excludes halogenated alkanes) is 3. The predicted octanol–water partition coefficient (Wildman–Crippen LogP) is 8.90. The van der Waals surface area contributed by atoms with E-state index in [2.05, 4.69) is 13.0 Å². The molecule has 29 heavy (non-hydrogen) atoms. The molecule has 3 saturated carbocycles. The van der Waals surface area contributed by atoms with E-state index in [1.165, 1.54) is 102 Å². The van der Waals surface area contributed by atoms with Crippen LogP contribution in [0.5, 0.6) is 0 Å². The fourth-order valence-electron chi connectivity index (χ4n) is 7.22. The van der Waals surface area contributed by atoms with Crippen LogP contribution in [0.1, 0.15) is 115 Å². The van der Waals surface area contributed by atoms with Gasteiger partial charge in [-0.25, -0.2) is 4.39 Å². The van der Waals surface area contributed by atoms with E-state index >= 15 is 0 Å². The molecule has 0 bridgehead atoms. The highest BCUT2D eigenvalue weighted by molar-refractivity contribution is 5.21. The lowest BCUT2D eigenvalue weighted by molar-refractivity contribution is 0.0710. The minimum atomic E-state index is -0.0608. The minimum absolute atomic E-state index is 0.0608. The summed E-state index contributed by atoms with van der Waals surface area (Å²) in [5, 5.41) is 0. The second kappa shape index (κ2) is 10.5. The van der Waals surface area contributed by atoms with Gasteiger partial charge in [0.2, 0.25) is 0 Å². The van der Waals surface area contributed by atoms with Crippen LogP contribution in [0.2, 0.25) is 0 Å². The van der Waals surface area contributed by atoms with Gasteiger partial charge in [0.25, 0.3) is 0 Å². The molecule has 0 aromatic heterocycles. The lowest BCUT2D eigenvalue weighted by Gasteiger charge is -2.45. The van der Waals surface area contributed by atoms with Crippen LogP contribution >= 0.6 is 0 Å². The average Bonchev–Trinajstić information content (AvgIpc) is 2.76. The molecule has 0 radical (unpaired) electrons. The van der Waals surface area contributed by atoms with Crippen LogP contribution < -0.4 is 0 Å². The van der Waals surface area contributed by atoms with Crippen LogP contribution in [-0.2, 0) is 0 Å². The van der Waals surface area contributed by atoms with Crippen LogP contribution in [0.15, 0.2) is 24.3 Å². The summed E-state index contributed by atoms with van der Waals surface area (Å²) in [5.41, 5.74) is 1.25. The predicted molar refractivity (Wildman–Crippen MR) is 122 cm³/mol. The molecule has 0 amide bonds. The van der Waals surface area contributed by atoms with Crippen molar-refractivity contribution < 1.29 is 4.39 Å². The number of benzene rings is 1. The molecular weight excluding hydrogens is 355 g/mol. The molecule has 4 unspecified atom stereocenters. The van der Waals surface area contributed by atoms with Crippen molar-refractivity contribution in [3.63, 3.8) is 0 Å². The monoisotopic (exact) mass is 398 g/mol. The van der Waals surface area contributed by atoms with Crippen LogP contribution in [0.25, 0.3) is 0 Å². The summed E-state index contributed by atoms with van der Waals surface area (Å²) >= 11 is 0. The fourth-order valence-corrected chi connectivity index (χ4v) is 7.22. The molecule has 1 aromatic carbocycles. The number of hydrogen-bond donors (Lipinski definition) is 0. The second-order valence-electron chi connectivity index (χ2n) is 10.8. The highest BCUT2D eigenvalue weighted by atomic mass is 19.1. The Labute approximate surface area is 179 Å². The molecule has 1 heteroatoms. The van der Waals surface area contributed by atoms with E-state index in [0.29, 0.717) is 5.92 Å². The van der Waals surface area contributed by atoms with Gasteiger partial charge in [-0.2, -0.15) is 0 Å². The van der Waals surface area contributed by atoms with Gasteiger partial charge in [0.1, 0.15) is 5.82 Å². The molecule has 4 atom stereocenters. The van der Waals surface area contributed by atoms with Crippen molar-refractivity contribution in [3.8, 4) is 0 Å². The number of hydrogen-bond acceptors (Lipinski definition) is 0. The SMILES string of the molecule is CCCCCCC1CCC(C2CCC3CC(c4cccc(F)c4)CCC3C2)CC1. The second-order valence-corrected chi connectivity index (χ2v) is 10.8. The van der Waals surface area contributed by atoms with Gasteiger partial charge >= 0.3 is 0 Å². The third-order valence-electron chi connectivity index (χ3n) is 9.00. The Balaban J connectivity index is 1.21. The van der Waals surface area contributed by atoms with E-state index < -0.39 is 0 Å². The first-order valence-corrected chi connectivity index (χ1v) is 13.0. The summed E-state index contributed by atoms with van der Waals surface area (Å²) in [7, 11) is 0. The third kappa shape index (κ3) is 5.65. The highest BCUT2D eigenvalue weighted by Gasteiger charge is 2.39. The molecule has 3 fully saturated rings. The van der Waals surface area contributed by atoms with Gasteiger partial charge in [-0.05, 0) is 105 Å². The van der Waals surface area contributed by atoms with Gasteiger partial charge < -0.3 is 0 Å². The standard InChI is InChI=1S/C28H43F/c1-2-3-4-5-7-21-10-12-22(13-11-21)24-14-15-27-19-25(16-17-26(27)18-24)23-8-6-9-28(29)20-23/h6,8-9,20-22,24-27H,2-5,7,10-19H2,1H3. The van der Waals surface area contributed by atoms with Crippen LogP contribution in [-0.4, -0.2) is 0 Å². The van der Waals surface area contributed by atoms with Gasteiger partial charge in [-0.15, -0.1) is 0 Å². The van der Waals surface area contributed by atoms with Crippen molar-refractivity contribution in [1.29, 1.82) is 0 Å². The van der Waals surface area contributed by atoms with Gasteiger partial charge in [0.05, 0.1) is 0 Å². The van der Waals surface area contributed by atoms with Crippen molar-refractivity contribution in [2.45, 2.75) is 109 Å². The van der Waals surface area contributed by atoms with Gasteiger partial charge in [-0.1, -0.05) is 64.0 Å². The lowest BCUT2D eigenvalue weighted by Crippen LogP contribution is -2.34. The van der Waals surface area contributed by atoms with Gasteiger partial charge in [0.15, 0.2) is 0 Å². The third-order valence-corrected chi connectivity index (χ3v) is 9.00. The van der Waals surface area contributed by atoms with Gasteiger partial charge in [-0.3, -0.25) is 0 Å². The first kappa shape index (κ1) is 21.4. The topological polar surface area (TPSA) is 0 Å².